The number of anilines is 1. The van der Waals surface area contributed by atoms with E-state index in [2.05, 4.69) is 12.2 Å². The lowest BCUT2D eigenvalue weighted by atomic mass is 9.78. The lowest BCUT2D eigenvalue weighted by Crippen LogP contribution is -2.48. The molecular formula is C18H27NO3. The molecule has 122 valence electrons. The zero-order valence-electron chi connectivity index (χ0n) is 13.9. The van der Waals surface area contributed by atoms with Crippen molar-refractivity contribution in [1.29, 1.82) is 0 Å². The van der Waals surface area contributed by atoms with Gasteiger partial charge < -0.3 is 14.8 Å². The molecule has 1 fully saturated rings. The minimum Gasteiger partial charge on any atom is -0.494 e. The molecule has 1 aromatic carbocycles. The third-order valence-electron chi connectivity index (χ3n) is 4.21. The Morgan fingerprint density at radius 1 is 1.27 bits per heavy atom. The van der Waals surface area contributed by atoms with Gasteiger partial charge in [0.15, 0.2) is 0 Å². The zero-order valence-corrected chi connectivity index (χ0v) is 13.9. The van der Waals surface area contributed by atoms with Crippen LogP contribution in [0.15, 0.2) is 24.3 Å². The van der Waals surface area contributed by atoms with E-state index in [1.54, 1.807) is 0 Å². The van der Waals surface area contributed by atoms with Crippen LogP contribution in [0.3, 0.4) is 0 Å². The summed E-state index contributed by atoms with van der Waals surface area (Å²) in [5, 5.41) is 3.01. The molecule has 0 radical (unpaired) electrons. The van der Waals surface area contributed by atoms with Gasteiger partial charge in [-0.2, -0.15) is 0 Å². The van der Waals surface area contributed by atoms with Gasteiger partial charge >= 0.3 is 0 Å². The lowest BCUT2D eigenvalue weighted by molar-refractivity contribution is -0.147. The van der Waals surface area contributed by atoms with Crippen molar-refractivity contribution in [2.45, 2.75) is 52.1 Å². The molecule has 0 aromatic heterocycles. The highest BCUT2D eigenvalue weighted by Crippen LogP contribution is 2.36. The molecule has 22 heavy (non-hydrogen) atoms. The van der Waals surface area contributed by atoms with E-state index < -0.39 is 5.60 Å². The molecule has 0 aliphatic heterocycles. The van der Waals surface area contributed by atoms with Gasteiger partial charge in [-0.15, -0.1) is 0 Å². The van der Waals surface area contributed by atoms with E-state index in [1.807, 2.05) is 38.1 Å². The Morgan fingerprint density at radius 2 is 2.00 bits per heavy atom. The first kappa shape index (κ1) is 16.8. The monoisotopic (exact) mass is 305 g/mol. The largest absolute Gasteiger partial charge is 0.494 e. The highest BCUT2D eigenvalue weighted by molar-refractivity contribution is 5.97. The van der Waals surface area contributed by atoms with Crippen LogP contribution in [0.5, 0.6) is 5.75 Å². The molecule has 0 heterocycles. The van der Waals surface area contributed by atoms with Gasteiger partial charge in [-0.25, -0.2) is 0 Å². The van der Waals surface area contributed by atoms with E-state index in [-0.39, 0.29) is 5.91 Å². The second-order valence-electron chi connectivity index (χ2n) is 6.04. The van der Waals surface area contributed by atoms with Gasteiger partial charge in [0, 0.05) is 12.3 Å². The van der Waals surface area contributed by atoms with Crippen molar-refractivity contribution >= 4 is 11.6 Å². The molecule has 0 saturated heterocycles. The summed E-state index contributed by atoms with van der Waals surface area (Å²) in [6, 6.07) is 7.48. The Balaban J connectivity index is 2.07. The van der Waals surface area contributed by atoms with Crippen molar-refractivity contribution in [1.82, 2.24) is 0 Å². The van der Waals surface area contributed by atoms with Gasteiger partial charge in [-0.1, -0.05) is 13.3 Å². The number of hydrogen-bond donors (Lipinski definition) is 1. The molecule has 0 spiro atoms. The normalized spacial score (nSPS) is 24.8. The molecule has 2 rings (SSSR count). The van der Waals surface area contributed by atoms with Crippen LogP contribution in [0, 0.1) is 5.92 Å². The van der Waals surface area contributed by atoms with Crippen molar-refractivity contribution in [2.75, 3.05) is 18.5 Å². The van der Waals surface area contributed by atoms with Gasteiger partial charge in [0.25, 0.3) is 5.91 Å². The maximum atomic E-state index is 12.8. The van der Waals surface area contributed by atoms with Crippen molar-refractivity contribution in [3.63, 3.8) is 0 Å². The van der Waals surface area contributed by atoms with Gasteiger partial charge in [0.1, 0.15) is 11.4 Å². The molecular weight excluding hydrogens is 278 g/mol. The average molecular weight is 305 g/mol. The zero-order chi connectivity index (χ0) is 16.0. The lowest BCUT2D eigenvalue weighted by Gasteiger charge is -2.38. The fourth-order valence-electron chi connectivity index (χ4n) is 3.23. The quantitative estimate of drug-likeness (QED) is 0.864. The molecule has 2 atom stereocenters. The molecule has 1 saturated carbocycles. The molecule has 1 aliphatic rings. The fraction of sp³-hybridized carbons (Fsp3) is 0.611. The van der Waals surface area contributed by atoms with E-state index in [0.717, 1.165) is 30.7 Å². The van der Waals surface area contributed by atoms with Crippen LogP contribution in [0.25, 0.3) is 0 Å². The van der Waals surface area contributed by atoms with E-state index in [9.17, 15) is 4.79 Å². The molecule has 1 aliphatic carbocycles. The first-order valence-electron chi connectivity index (χ1n) is 8.28. The third-order valence-corrected chi connectivity index (χ3v) is 4.21. The van der Waals surface area contributed by atoms with Gasteiger partial charge in [0.05, 0.1) is 6.61 Å². The van der Waals surface area contributed by atoms with Crippen LogP contribution in [0.2, 0.25) is 0 Å². The second kappa shape index (κ2) is 7.63. The van der Waals surface area contributed by atoms with Crippen LogP contribution < -0.4 is 10.1 Å². The third kappa shape index (κ3) is 4.01. The standard InChI is InChI=1S/C18H27NO3/c1-4-21-16-10-8-15(9-11-16)19-17(20)18(22-5-2)12-6-7-14(3)13-18/h8-11,14H,4-7,12-13H2,1-3H3,(H,19,20)/t14-,18+/m0/s1. The summed E-state index contributed by atoms with van der Waals surface area (Å²) >= 11 is 0. The molecule has 4 nitrogen and oxygen atoms in total. The topological polar surface area (TPSA) is 47.6 Å². The van der Waals surface area contributed by atoms with Gasteiger partial charge in [-0.05, 0) is 63.3 Å². The van der Waals surface area contributed by atoms with E-state index in [0.29, 0.717) is 19.1 Å². The highest BCUT2D eigenvalue weighted by Gasteiger charge is 2.42. The van der Waals surface area contributed by atoms with E-state index in [1.165, 1.54) is 6.42 Å². The van der Waals surface area contributed by atoms with Crippen LogP contribution >= 0.6 is 0 Å². The molecule has 0 bridgehead atoms. The van der Waals surface area contributed by atoms with Crippen molar-refractivity contribution in [2.24, 2.45) is 5.92 Å². The average Bonchev–Trinajstić information content (AvgIpc) is 2.50. The van der Waals surface area contributed by atoms with Crippen molar-refractivity contribution in [3.05, 3.63) is 24.3 Å². The number of hydrogen-bond acceptors (Lipinski definition) is 3. The number of rotatable bonds is 6. The summed E-state index contributed by atoms with van der Waals surface area (Å²) in [4.78, 5) is 12.8. The summed E-state index contributed by atoms with van der Waals surface area (Å²) < 4.78 is 11.3. The van der Waals surface area contributed by atoms with E-state index >= 15 is 0 Å². The number of amides is 1. The summed E-state index contributed by atoms with van der Waals surface area (Å²) in [5.74, 6) is 1.31. The molecule has 1 aromatic rings. The smallest absolute Gasteiger partial charge is 0.256 e. The Kier molecular flexibility index (Phi) is 5.83. The van der Waals surface area contributed by atoms with Crippen LogP contribution in [0.1, 0.15) is 46.5 Å². The van der Waals surface area contributed by atoms with Crippen LogP contribution in [-0.2, 0) is 9.53 Å². The number of nitrogens with one attached hydrogen (secondary N) is 1. The Hall–Kier alpha value is -1.55. The van der Waals surface area contributed by atoms with Crippen LogP contribution in [0.4, 0.5) is 5.69 Å². The summed E-state index contributed by atoms with van der Waals surface area (Å²) in [6.45, 7) is 7.29. The minimum absolute atomic E-state index is 0.0231. The molecule has 1 amide bonds. The maximum Gasteiger partial charge on any atom is 0.256 e. The summed E-state index contributed by atoms with van der Waals surface area (Å²) in [5.41, 5.74) is 0.108. The molecule has 0 unspecified atom stereocenters. The van der Waals surface area contributed by atoms with Crippen LogP contribution in [-0.4, -0.2) is 24.7 Å². The van der Waals surface area contributed by atoms with Crippen molar-refractivity contribution in [3.8, 4) is 5.75 Å². The number of carbonyl (C=O) groups is 1. The summed E-state index contributed by atoms with van der Waals surface area (Å²) in [6.07, 6.45) is 3.81. The number of ether oxygens (including phenoxy) is 2. The SMILES string of the molecule is CCOc1ccc(NC(=O)[C@@]2(OCC)CCC[C@H](C)C2)cc1. The van der Waals surface area contributed by atoms with E-state index in [4.69, 9.17) is 9.47 Å². The Morgan fingerprint density at radius 3 is 2.59 bits per heavy atom. The Bertz CT molecular complexity index is 482. The number of carbonyl (C=O) groups excluding carboxylic acids is 1. The molecule has 4 heteroatoms. The minimum atomic E-state index is -0.676. The first-order chi connectivity index (χ1) is 10.6. The van der Waals surface area contributed by atoms with Gasteiger partial charge in [-0.3, -0.25) is 4.79 Å². The maximum absolute atomic E-state index is 12.8. The Labute approximate surface area is 133 Å². The first-order valence-corrected chi connectivity index (χ1v) is 8.28. The fourth-order valence-corrected chi connectivity index (χ4v) is 3.23. The van der Waals surface area contributed by atoms with Crippen molar-refractivity contribution < 1.29 is 14.3 Å². The predicted molar refractivity (Wildman–Crippen MR) is 88.2 cm³/mol. The number of benzene rings is 1. The van der Waals surface area contributed by atoms with Gasteiger partial charge in [0.2, 0.25) is 0 Å². The molecule has 1 N–H and O–H groups in total. The summed E-state index contributed by atoms with van der Waals surface area (Å²) in [7, 11) is 0. The predicted octanol–water partition coefficient (Wildman–Crippen LogP) is 4.01. The highest BCUT2D eigenvalue weighted by atomic mass is 16.5. The second-order valence-corrected chi connectivity index (χ2v) is 6.04.